The zero-order valence-electron chi connectivity index (χ0n) is 12.5. The molecule has 112 valence electrons. The summed E-state index contributed by atoms with van der Waals surface area (Å²) in [5.74, 6) is 0. The molecular weight excluding hydrogens is 270 g/mol. The third-order valence-corrected chi connectivity index (χ3v) is 5.05. The number of nitrogens with zero attached hydrogens (tertiary/aromatic N) is 2. The van der Waals surface area contributed by atoms with Crippen LogP contribution in [-0.2, 0) is 11.3 Å². The minimum atomic E-state index is 0.294. The Labute approximate surface area is 125 Å². The highest BCUT2D eigenvalue weighted by Gasteiger charge is 2.37. The van der Waals surface area contributed by atoms with Crippen LogP contribution in [0.4, 0.5) is 0 Å². The maximum absolute atomic E-state index is 5.69. The SMILES string of the molecule is Cc1nc(CN(C)CC2(CNC3CC3)CCOC2)cs1. The van der Waals surface area contributed by atoms with Crippen molar-refractivity contribution >= 4 is 11.3 Å². The molecule has 1 aliphatic heterocycles. The minimum absolute atomic E-state index is 0.294. The van der Waals surface area contributed by atoms with E-state index in [0.717, 1.165) is 43.9 Å². The molecule has 1 aliphatic carbocycles. The number of thiazole rings is 1. The fourth-order valence-corrected chi connectivity index (χ4v) is 3.61. The van der Waals surface area contributed by atoms with Crippen LogP contribution in [-0.4, -0.2) is 49.3 Å². The molecule has 0 spiro atoms. The average Bonchev–Trinajstić information content (AvgIpc) is 3.00. The number of ether oxygens (including phenoxy) is 1. The predicted molar refractivity (Wildman–Crippen MR) is 82.1 cm³/mol. The van der Waals surface area contributed by atoms with Gasteiger partial charge in [-0.15, -0.1) is 11.3 Å². The largest absolute Gasteiger partial charge is 0.381 e. The van der Waals surface area contributed by atoms with Gasteiger partial charge in [0.25, 0.3) is 0 Å². The molecule has 1 N–H and O–H groups in total. The van der Waals surface area contributed by atoms with E-state index < -0.39 is 0 Å². The van der Waals surface area contributed by atoms with Crippen molar-refractivity contribution in [1.82, 2.24) is 15.2 Å². The quantitative estimate of drug-likeness (QED) is 0.835. The molecule has 1 unspecified atom stereocenters. The van der Waals surface area contributed by atoms with E-state index in [0.29, 0.717) is 5.41 Å². The lowest BCUT2D eigenvalue weighted by Gasteiger charge is -2.32. The molecule has 2 aliphatic rings. The normalized spacial score (nSPS) is 26.6. The van der Waals surface area contributed by atoms with E-state index in [1.54, 1.807) is 11.3 Å². The fraction of sp³-hybridized carbons (Fsp3) is 0.800. The molecule has 1 saturated heterocycles. The van der Waals surface area contributed by atoms with Crippen molar-refractivity contribution in [3.63, 3.8) is 0 Å². The maximum atomic E-state index is 5.69. The number of nitrogens with one attached hydrogen (secondary N) is 1. The van der Waals surface area contributed by atoms with Gasteiger partial charge in [-0.3, -0.25) is 4.90 Å². The van der Waals surface area contributed by atoms with Crippen LogP contribution in [0.25, 0.3) is 0 Å². The van der Waals surface area contributed by atoms with Gasteiger partial charge in [-0.25, -0.2) is 4.98 Å². The minimum Gasteiger partial charge on any atom is -0.381 e. The van der Waals surface area contributed by atoms with Gasteiger partial charge in [0.05, 0.1) is 17.3 Å². The van der Waals surface area contributed by atoms with E-state index in [1.807, 2.05) is 0 Å². The zero-order chi connectivity index (χ0) is 14.0. The van der Waals surface area contributed by atoms with E-state index in [9.17, 15) is 0 Å². The van der Waals surface area contributed by atoms with Crippen LogP contribution in [0.3, 0.4) is 0 Å². The highest BCUT2D eigenvalue weighted by molar-refractivity contribution is 7.09. The monoisotopic (exact) mass is 295 g/mol. The van der Waals surface area contributed by atoms with Gasteiger partial charge in [0, 0.05) is 43.1 Å². The summed E-state index contributed by atoms with van der Waals surface area (Å²) >= 11 is 1.74. The van der Waals surface area contributed by atoms with E-state index in [4.69, 9.17) is 4.74 Å². The zero-order valence-corrected chi connectivity index (χ0v) is 13.3. The number of hydrogen-bond acceptors (Lipinski definition) is 5. The smallest absolute Gasteiger partial charge is 0.0897 e. The Morgan fingerprint density at radius 3 is 3.00 bits per heavy atom. The van der Waals surface area contributed by atoms with Gasteiger partial charge in [-0.1, -0.05) is 0 Å². The van der Waals surface area contributed by atoms with Gasteiger partial charge >= 0.3 is 0 Å². The summed E-state index contributed by atoms with van der Waals surface area (Å²) in [4.78, 5) is 6.96. The highest BCUT2D eigenvalue weighted by atomic mass is 32.1. The molecule has 1 aromatic heterocycles. The number of aromatic nitrogens is 1. The van der Waals surface area contributed by atoms with Crippen LogP contribution in [0.15, 0.2) is 5.38 Å². The van der Waals surface area contributed by atoms with Crippen LogP contribution in [0.1, 0.15) is 30.0 Å². The second kappa shape index (κ2) is 6.10. The van der Waals surface area contributed by atoms with Crippen LogP contribution in [0.2, 0.25) is 0 Å². The Morgan fingerprint density at radius 2 is 2.40 bits per heavy atom. The predicted octanol–water partition coefficient (Wildman–Crippen LogP) is 2.04. The average molecular weight is 295 g/mol. The molecule has 4 nitrogen and oxygen atoms in total. The Balaban J connectivity index is 1.54. The van der Waals surface area contributed by atoms with E-state index in [-0.39, 0.29) is 0 Å². The van der Waals surface area contributed by atoms with Gasteiger partial charge in [0.15, 0.2) is 0 Å². The third-order valence-electron chi connectivity index (χ3n) is 4.23. The second-order valence-electron chi connectivity index (χ2n) is 6.49. The van der Waals surface area contributed by atoms with Gasteiger partial charge < -0.3 is 10.1 Å². The molecule has 2 heterocycles. The van der Waals surface area contributed by atoms with Gasteiger partial charge in [-0.05, 0) is 33.2 Å². The first kappa shape index (κ1) is 14.4. The van der Waals surface area contributed by atoms with E-state index >= 15 is 0 Å². The Hall–Kier alpha value is -0.490. The van der Waals surface area contributed by atoms with Crippen LogP contribution in [0.5, 0.6) is 0 Å². The molecule has 3 rings (SSSR count). The van der Waals surface area contributed by atoms with E-state index in [1.165, 1.54) is 25.0 Å². The summed E-state index contributed by atoms with van der Waals surface area (Å²) < 4.78 is 5.69. The third kappa shape index (κ3) is 3.79. The Morgan fingerprint density at radius 1 is 1.55 bits per heavy atom. The number of rotatable bonds is 7. The van der Waals surface area contributed by atoms with Crippen molar-refractivity contribution in [3.8, 4) is 0 Å². The lowest BCUT2D eigenvalue weighted by atomic mass is 9.86. The van der Waals surface area contributed by atoms with Crippen LogP contribution < -0.4 is 5.32 Å². The first-order valence-corrected chi connectivity index (χ1v) is 8.44. The number of hydrogen-bond donors (Lipinski definition) is 1. The molecule has 0 bridgehead atoms. The summed E-state index contributed by atoms with van der Waals surface area (Å²) in [5, 5.41) is 7.02. The van der Waals surface area contributed by atoms with Crippen molar-refractivity contribution in [3.05, 3.63) is 16.1 Å². The molecule has 0 aromatic carbocycles. The molecule has 1 aromatic rings. The highest BCUT2D eigenvalue weighted by Crippen LogP contribution is 2.31. The van der Waals surface area contributed by atoms with Gasteiger partial charge in [-0.2, -0.15) is 0 Å². The Bertz CT molecular complexity index is 438. The van der Waals surface area contributed by atoms with Crippen molar-refractivity contribution < 1.29 is 4.74 Å². The van der Waals surface area contributed by atoms with Gasteiger partial charge in [0.1, 0.15) is 0 Å². The molecule has 2 fully saturated rings. The second-order valence-corrected chi connectivity index (χ2v) is 7.55. The Kier molecular flexibility index (Phi) is 4.40. The van der Waals surface area contributed by atoms with Crippen molar-refractivity contribution in [2.75, 3.05) is 33.4 Å². The molecule has 1 saturated carbocycles. The molecule has 1 atom stereocenters. The molecule has 0 amide bonds. The summed E-state index contributed by atoms with van der Waals surface area (Å²) in [6.45, 7) is 7.00. The molecular formula is C15H25N3OS. The maximum Gasteiger partial charge on any atom is 0.0897 e. The van der Waals surface area contributed by atoms with E-state index in [2.05, 4.69) is 34.6 Å². The van der Waals surface area contributed by atoms with Gasteiger partial charge in [0.2, 0.25) is 0 Å². The summed E-state index contributed by atoms with van der Waals surface area (Å²) in [7, 11) is 2.20. The first-order chi connectivity index (χ1) is 9.65. The van der Waals surface area contributed by atoms with Crippen molar-refractivity contribution in [1.29, 1.82) is 0 Å². The summed E-state index contributed by atoms with van der Waals surface area (Å²) in [6, 6.07) is 0.777. The summed E-state index contributed by atoms with van der Waals surface area (Å²) in [6.07, 6.45) is 3.88. The van der Waals surface area contributed by atoms with Crippen molar-refractivity contribution in [2.45, 2.75) is 38.8 Å². The first-order valence-electron chi connectivity index (χ1n) is 7.56. The topological polar surface area (TPSA) is 37.4 Å². The fourth-order valence-electron chi connectivity index (χ4n) is 3.00. The lowest BCUT2D eigenvalue weighted by molar-refractivity contribution is 0.116. The molecule has 0 radical (unpaired) electrons. The number of aryl methyl sites for hydroxylation is 1. The molecule has 20 heavy (non-hydrogen) atoms. The molecule has 5 heteroatoms. The summed E-state index contributed by atoms with van der Waals surface area (Å²) in [5.41, 5.74) is 1.49. The van der Waals surface area contributed by atoms with Crippen LogP contribution in [0, 0.1) is 12.3 Å². The van der Waals surface area contributed by atoms with Crippen molar-refractivity contribution in [2.24, 2.45) is 5.41 Å². The van der Waals surface area contributed by atoms with Crippen LogP contribution >= 0.6 is 11.3 Å². The lowest BCUT2D eigenvalue weighted by Crippen LogP contribution is -2.44. The standard InChI is InChI=1S/C15H25N3OS/c1-12-17-14(8-20-12)7-18(2)10-15(5-6-19-11-15)9-16-13-3-4-13/h8,13,16H,3-7,9-11H2,1-2H3.